The van der Waals surface area contributed by atoms with Gasteiger partial charge in [-0.25, -0.2) is 0 Å². The summed E-state index contributed by atoms with van der Waals surface area (Å²) >= 11 is 1.06. The SMILES string of the molecule is O=C1CC(C(=O)O)S/C(=N/NC2=CCCCC2)N1. The number of amides is 1. The van der Waals surface area contributed by atoms with Crippen molar-refractivity contribution in [3.63, 3.8) is 0 Å². The molecule has 0 aromatic carbocycles. The quantitative estimate of drug-likeness (QED) is 0.665. The molecule has 1 amide bonds. The molecule has 98 valence electrons. The molecular formula is C11H15N3O3S. The number of amidine groups is 1. The minimum absolute atomic E-state index is 0.0122. The second kappa shape index (κ2) is 5.90. The molecule has 0 saturated carbocycles. The van der Waals surface area contributed by atoms with Crippen molar-refractivity contribution in [1.29, 1.82) is 0 Å². The third-order valence-corrected chi connectivity index (χ3v) is 3.81. The Morgan fingerprint density at radius 1 is 1.56 bits per heavy atom. The minimum Gasteiger partial charge on any atom is -0.480 e. The molecule has 3 N–H and O–H groups in total. The molecule has 1 atom stereocenters. The molecule has 6 nitrogen and oxygen atoms in total. The Balaban J connectivity index is 1.96. The molecule has 0 aromatic rings. The smallest absolute Gasteiger partial charge is 0.317 e. The van der Waals surface area contributed by atoms with Gasteiger partial charge in [-0.2, -0.15) is 5.10 Å². The topological polar surface area (TPSA) is 90.8 Å². The fourth-order valence-electron chi connectivity index (χ4n) is 1.80. The van der Waals surface area contributed by atoms with Gasteiger partial charge in [0.1, 0.15) is 5.25 Å². The van der Waals surface area contributed by atoms with Gasteiger partial charge in [0.2, 0.25) is 5.91 Å². The van der Waals surface area contributed by atoms with Gasteiger partial charge in [0.15, 0.2) is 5.17 Å². The zero-order chi connectivity index (χ0) is 13.0. The summed E-state index contributed by atoms with van der Waals surface area (Å²) in [7, 11) is 0. The zero-order valence-corrected chi connectivity index (χ0v) is 10.6. The summed E-state index contributed by atoms with van der Waals surface area (Å²) in [6.07, 6.45) is 6.36. The van der Waals surface area contributed by atoms with Gasteiger partial charge in [0.05, 0.1) is 0 Å². The highest BCUT2D eigenvalue weighted by atomic mass is 32.2. The molecule has 1 unspecified atom stereocenters. The molecule has 1 fully saturated rings. The van der Waals surface area contributed by atoms with Crippen LogP contribution in [-0.4, -0.2) is 27.4 Å². The third-order valence-electron chi connectivity index (χ3n) is 2.74. The van der Waals surface area contributed by atoms with Crippen LogP contribution in [0.1, 0.15) is 32.1 Å². The van der Waals surface area contributed by atoms with Crippen molar-refractivity contribution in [1.82, 2.24) is 10.7 Å². The Morgan fingerprint density at radius 2 is 2.39 bits per heavy atom. The number of allylic oxidation sites excluding steroid dienone is 2. The number of carboxylic acids is 1. The highest BCUT2D eigenvalue weighted by molar-refractivity contribution is 8.15. The number of hydrogen-bond acceptors (Lipinski definition) is 5. The van der Waals surface area contributed by atoms with E-state index in [0.717, 1.165) is 36.7 Å². The van der Waals surface area contributed by atoms with Crippen molar-refractivity contribution in [2.24, 2.45) is 5.10 Å². The molecule has 18 heavy (non-hydrogen) atoms. The molecular weight excluding hydrogens is 254 g/mol. The Hall–Kier alpha value is -1.50. The van der Waals surface area contributed by atoms with Gasteiger partial charge in [-0.1, -0.05) is 17.8 Å². The number of rotatable bonds is 3. The lowest BCUT2D eigenvalue weighted by Crippen LogP contribution is -2.40. The van der Waals surface area contributed by atoms with Crippen LogP contribution in [0, 0.1) is 0 Å². The maximum atomic E-state index is 11.3. The Labute approximate surface area is 109 Å². The minimum atomic E-state index is -0.987. The number of hydrazone groups is 1. The number of aliphatic carboxylic acids is 1. The average molecular weight is 269 g/mol. The first-order chi connectivity index (χ1) is 8.65. The summed E-state index contributed by atoms with van der Waals surface area (Å²) in [6, 6.07) is 0. The summed E-state index contributed by atoms with van der Waals surface area (Å²) in [5, 5.41) is 15.1. The summed E-state index contributed by atoms with van der Waals surface area (Å²) in [6.45, 7) is 0. The standard InChI is InChI=1S/C11H15N3O3S/c15-9-6-8(10(16)17)18-11(12-9)14-13-7-4-2-1-3-5-7/h4,8,13H,1-3,5-6H2,(H,16,17)(H,12,14,15). The van der Waals surface area contributed by atoms with E-state index in [2.05, 4.69) is 21.9 Å². The molecule has 1 saturated heterocycles. The molecule has 1 aliphatic heterocycles. The van der Waals surface area contributed by atoms with Crippen molar-refractivity contribution < 1.29 is 14.7 Å². The van der Waals surface area contributed by atoms with Gasteiger partial charge in [0, 0.05) is 12.1 Å². The van der Waals surface area contributed by atoms with Crippen LogP contribution in [0.4, 0.5) is 0 Å². The Bertz CT molecular complexity index is 420. The van der Waals surface area contributed by atoms with Crippen molar-refractivity contribution >= 4 is 28.8 Å². The summed E-state index contributed by atoms with van der Waals surface area (Å²) < 4.78 is 0. The van der Waals surface area contributed by atoms with Crippen molar-refractivity contribution in [2.45, 2.75) is 37.4 Å². The Kier molecular flexibility index (Phi) is 4.24. The summed E-state index contributed by atoms with van der Waals surface area (Å²) in [5.74, 6) is -1.29. The first-order valence-corrected chi connectivity index (χ1v) is 6.75. The zero-order valence-electron chi connectivity index (χ0n) is 9.81. The van der Waals surface area contributed by atoms with E-state index >= 15 is 0 Å². The largest absolute Gasteiger partial charge is 0.480 e. The highest BCUT2D eigenvalue weighted by Gasteiger charge is 2.29. The number of carbonyl (C=O) groups excluding carboxylic acids is 1. The average Bonchev–Trinajstić information content (AvgIpc) is 2.37. The van der Waals surface area contributed by atoms with Crippen LogP contribution in [0.25, 0.3) is 0 Å². The fraction of sp³-hybridized carbons (Fsp3) is 0.545. The second-order valence-electron chi connectivity index (χ2n) is 4.20. The van der Waals surface area contributed by atoms with E-state index in [-0.39, 0.29) is 12.3 Å². The van der Waals surface area contributed by atoms with Crippen LogP contribution in [-0.2, 0) is 9.59 Å². The Morgan fingerprint density at radius 3 is 3.06 bits per heavy atom. The number of nitrogens with one attached hydrogen (secondary N) is 2. The summed E-state index contributed by atoms with van der Waals surface area (Å²) in [5.41, 5.74) is 3.92. The van der Waals surface area contributed by atoms with Gasteiger partial charge in [0.25, 0.3) is 0 Å². The van der Waals surface area contributed by atoms with Crippen LogP contribution in [0.3, 0.4) is 0 Å². The van der Waals surface area contributed by atoms with E-state index in [0.29, 0.717) is 5.17 Å². The van der Waals surface area contributed by atoms with E-state index in [4.69, 9.17) is 5.11 Å². The lowest BCUT2D eigenvalue weighted by atomic mass is 10.1. The third kappa shape index (κ3) is 3.49. The van der Waals surface area contributed by atoms with Crippen LogP contribution >= 0.6 is 11.8 Å². The number of thioether (sulfide) groups is 1. The van der Waals surface area contributed by atoms with Crippen LogP contribution in [0.15, 0.2) is 16.9 Å². The van der Waals surface area contributed by atoms with E-state index < -0.39 is 11.2 Å². The predicted molar refractivity (Wildman–Crippen MR) is 68.9 cm³/mol. The lowest BCUT2D eigenvalue weighted by molar-refractivity contribution is -0.138. The fourth-order valence-corrected chi connectivity index (χ4v) is 2.67. The first-order valence-electron chi connectivity index (χ1n) is 5.87. The van der Waals surface area contributed by atoms with Crippen molar-refractivity contribution in [3.8, 4) is 0 Å². The lowest BCUT2D eigenvalue weighted by Gasteiger charge is -2.20. The number of nitrogens with zero attached hydrogens (tertiary/aromatic N) is 1. The van der Waals surface area contributed by atoms with E-state index in [1.54, 1.807) is 0 Å². The molecule has 0 spiro atoms. The van der Waals surface area contributed by atoms with Crippen LogP contribution < -0.4 is 10.7 Å². The molecule has 7 heteroatoms. The predicted octanol–water partition coefficient (Wildman–Crippen LogP) is 1.01. The molecule has 0 aromatic heterocycles. The van der Waals surface area contributed by atoms with Crippen LogP contribution in [0.2, 0.25) is 0 Å². The molecule has 2 rings (SSSR count). The molecule has 0 bridgehead atoms. The van der Waals surface area contributed by atoms with Crippen LogP contribution in [0.5, 0.6) is 0 Å². The summed E-state index contributed by atoms with van der Waals surface area (Å²) in [4.78, 5) is 22.2. The highest BCUT2D eigenvalue weighted by Crippen LogP contribution is 2.21. The van der Waals surface area contributed by atoms with Gasteiger partial charge in [-0.15, -0.1) is 0 Å². The number of hydrogen-bond donors (Lipinski definition) is 3. The molecule has 1 aliphatic carbocycles. The number of carboxylic acid groups (broad SMARTS) is 1. The van der Waals surface area contributed by atoms with E-state index in [9.17, 15) is 9.59 Å². The monoisotopic (exact) mass is 269 g/mol. The normalized spacial score (nSPS) is 26.4. The van der Waals surface area contributed by atoms with Gasteiger partial charge >= 0.3 is 5.97 Å². The van der Waals surface area contributed by atoms with Gasteiger partial charge < -0.3 is 10.4 Å². The number of carbonyl (C=O) groups is 2. The van der Waals surface area contributed by atoms with Crippen molar-refractivity contribution in [2.75, 3.05) is 0 Å². The maximum absolute atomic E-state index is 11.3. The van der Waals surface area contributed by atoms with E-state index in [1.807, 2.05) is 0 Å². The molecule has 0 radical (unpaired) electrons. The van der Waals surface area contributed by atoms with Crippen molar-refractivity contribution in [3.05, 3.63) is 11.8 Å². The first kappa shape index (κ1) is 12.9. The van der Waals surface area contributed by atoms with Gasteiger partial charge in [-0.05, 0) is 25.7 Å². The molecule has 2 aliphatic rings. The maximum Gasteiger partial charge on any atom is 0.317 e. The second-order valence-corrected chi connectivity index (χ2v) is 5.39. The van der Waals surface area contributed by atoms with Gasteiger partial charge in [-0.3, -0.25) is 15.0 Å². The molecule has 1 heterocycles. The van der Waals surface area contributed by atoms with E-state index in [1.165, 1.54) is 6.42 Å².